The third kappa shape index (κ3) is 7.80. The lowest BCUT2D eigenvalue weighted by Gasteiger charge is -2.36. The number of aryl methyl sites for hydroxylation is 1. The maximum Gasteiger partial charge on any atom is 0.227 e. The van der Waals surface area contributed by atoms with Gasteiger partial charge in [0.05, 0.1) is 11.0 Å². The molecule has 0 aliphatic rings. The van der Waals surface area contributed by atoms with Crippen LogP contribution in [0.4, 0.5) is 0 Å². The zero-order chi connectivity index (χ0) is 21.5. The number of benzene rings is 1. The molecule has 2 aromatic rings. The van der Waals surface area contributed by atoms with Crippen LogP contribution in [0.2, 0.25) is 18.1 Å². The third-order valence-electron chi connectivity index (χ3n) is 5.54. The van der Waals surface area contributed by atoms with Gasteiger partial charge in [-0.05, 0) is 62.5 Å². The Labute approximate surface area is 182 Å². The van der Waals surface area contributed by atoms with Crippen LogP contribution in [0.5, 0.6) is 5.88 Å². The number of aromatic nitrogens is 1. The van der Waals surface area contributed by atoms with Gasteiger partial charge in [-0.15, -0.1) is 11.8 Å². The van der Waals surface area contributed by atoms with Crippen LogP contribution in [0.1, 0.15) is 51.8 Å². The molecule has 0 saturated heterocycles. The quantitative estimate of drug-likeness (QED) is 0.225. The Balaban J connectivity index is 1.87. The van der Waals surface area contributed by atoms with E-state index in [0.29, 0.717) is 0 Å². The molecule has 0 saturated carbocycles. The summed E-state index contributed by atoms with van der Waals surface area (Å²) in [6.07, 6.45) is 2.09. The number of thioether (sulfide) groups is 1. The molecule has 1 heterocycles. The molecular weight excluding hydrogens is 394 g/mol. The summed E-state index contributed by atoms with van der Waals surface area (Å²) in [4.78, 5) is 5.76. The van der Waals surface area contributed by atoms with Gasteiger partial charge < -0.3 is 9.16 Å². The summed E-state index contributed by atoms with van der Waals surface area (Å²) in [6, 6.07) is 14.7. The second kappa shape index (κ2) is 10.6. The number of hydrogen-bond acceptors (Lipinski definition) is 4. The molecule has 160 valence electrons. The van der Waals surface area contributed by atoms with Gasteiger partial charge in [0.25, 0.3) is 0 Å². The largest absolute Gasteiger partial charge is 0.474 e. The number of nitrogens with zero attached hydrogens (tertiary/aromatic N) is 1. The van der Waals surface area contributed by atoms with Gasteiger partial charge in [0.1, 0.15) is 0 Å². The topological polar surface area (TPSA) is 31.4 Å². The van der Waals surface area contributed by atoms with Gasteiger partial charge >= 0.3 is 0 Å². The highest BCUT2D eigenvalue weighted by molar-refractivity contribution is 7.98. The molecular formula is C24H37NO2SSi. The van der Waals surface area contributed by atoms with Crippen LogP contribution in [0.3, 0.4) is 0 Å². The fourth-order valence-corrected chi connectivity index (χ4v) is 4.60. The summed E-state index contributed by atoms with van der Waals surface area (Å²) in [7, 11) is -1.67. The fourth-order valence-electron chi connectivity index (χ4n) is 2.61. The molecule has 0 fully saturated rings. The van der Waals surface area contributed by atoms with Crippen molar-refractivity contribution in [3.63, 3.8) is 0 Å². The molecule has 1 aromatic carbocycles. The van der Waals surface area contributed by atoms with E-state index in [2.05, 4.69) is 82.2 Å². The molecule has 0 bridgehead atoms. The standard InChI is InChI=1S/C24H37NO2SSi/c1-19-15-16-22(28-18-21-13-9-8-10-14-21)23(25-19)27-20(2)12-11-17-26-29(6,7)24(3,4)5/h8-10,13-16,20H,11-12,17-18H2,1-7H3/t20-/m1/s1. The minimum atomic E-state index is -1.67. The predicted molar refractivity (Wildman–Crippen MR) is 127 cm³/mol. The SMILES string of the molecule is Cc1ccc(SCc2ccccc2)c(O[C@H](C)CCCO[Si](C)(C)C(C)(C)C)n1. The zero-order valence-corrected chi connectivity index (χ0v) is 20.9. The minimum Gasteiger partial charge on any atom is -0.474 e. The first kappa shape index (κ1) is 24.0. The van der Waals surface area contributed by atoms with Crippen molar-refractivity contribution in [3.8, 4) is 5.88 Å². The summed E-state index contributed by atoms with van der Waals surface area (Å²) < 4.78 is 12.5. The average molecular weight is 432 g/mol. The second-order valence-corrected chi connectivity index (χ2v) is 15.0. The van der Waals surface area contributed by atoms with Crippen LogP contribution >= 0.6 is 11.8 Å². The maximum atomic E-state index is 6.29. The highest BCUT2D eigenvalue weighted by Crippen LogP contribution is 2.36. The van der Waals surface area contributed by atoms with Crippen molar-refractivity contribution in [2.75, 3.05) is 6.61 Å². The molecule has 2 rings (SSSR count). The van der Waals surface area contributed by atoms with Crippen LogP contribution in [-0.4, -0.2) is 26.0 Å². The van der Waals surface area contributed by atoms with Gasteiger partial charge in [0.2, 0.25) is 5.88 Å². The molecule has 0 spiro atoms. The summed E-state index contributed by atoms with van der Waals surface area (Å²) >= 11 is 1.78. The summed E-state index contributed by atoms with van der Waals surface area (Å²) in [5, 5.41) is 0.255. The van der Waals surface area contributed by atoms with Crippen molar-refractivity contribution in [3.05, 3.63) is 53.7 Å². The molecule has 0 amide bonds. The third-order valence-corrected chi connectivity index (χ3v) is 11.2. The van der Waals surface area contributed by atoms with Crippen molar-refractivity contribution in [2.24, 2.45) is 0 Å². The zero-order valence-electron chi connectivity index (χ0n) is 19.1. The molecule has 0 radical (unpaired) electrons. The van der Waals surface area contributed by atoms with E-state index in [1.807, 2.05) is 13.0 Å². The van der Waals surface area contributed by atoms with Crippen LogP contribution in [0.15, 0.2) is 47.4 Å². The van der Waals surface area contributed by atoms with E-state index in [-0.39, 0.29) is 11.1 Å². The van der Waals surface area contributed by atoms with Gasteiger partial charge in [-0.1, -0.05) is 51.1 Å². The molecule has 0 N–H and O–H groups in total. The summed E-state index contributed by atoms with van der Waals surface area (Å²) in [6.45, 7) is 16.4. The average Bonchev–Trinajstić information content (AvgIpc) is 2.64. The highest BCUT2D eigenvalue weighted by Gasteiger charge is 2.36. The first-order valence-corrected chi connectivity index (χ1v) is 14.4. The van der Waals surface area contributed by atoms with Crippen molar-refractivity contribution < 1.29 is 9.16 Å². The molecule has 5 heteroatoms. The van der Waals surface area contributed by atoms with Gasteiger partial charge in [-0.25, -0.2) is 4.98 Å². The van der Waals surface area contributed by atoms with Crippen molar-refractivity contribution in [2.45, 2.75) is 82.3 Å². The van der Waals surface area contributed by atoms with E-state index >= 15 is 0 Å². The van der Waals surface area contributed by atoms with E-state index in [1.54, 1.807) is 11.8 Å². The van der Waals surface area contributed by atoms with E-state index in [4.69, 9.17) is 9.16 Å². The summed E-state index contributed by atoms with van der Waals surface area (Å²) in [5.41, 5.74) is 2.29. The fraction of sp³-hybridized carbons (Fsp3) is 0.542. The van der Waals surface area contributed by atoms with E-state index < -0.39 is 8.32 Å². The second-order valence-electron chi connectivity index (χ2n) is 9.21. The molecule has 3 nitrogen and oxygen atoms in total. The Morgan fingerprint density at radius 3 is 2.41 bits per heavy atom. The number of pyridine rings is 1. The Morgan fingerprint density at radius 1 is 1.07 bits per heavy atom. The van der Waals surface area contributed by atoms with Crippen molar-refractivity contribution in [1.29, 1.82) is 0 Å². The van der Waals surface area contributed by atoms with Crippen LogP contribution < -0.4 is 4.74 Å². The first-order chi connectivity index (χ1) is 13.6. The van der Waals surface area contributed by atoms with E-state index in [0.717, 1.165) is 41.7 Å². The highest BCUT2D eigenvalue weighted by atomic mass is 32.2. The normalized spacial score (nSPS) is 13.3. The molecule has 1 aromatic heterocycles. The van der Waals surface area contributed by atoms with Gasteiger partial charge in [-0.3, -0.25) is 0 Å². The lowest BCUT2D eigenvalue weighted by Crippen LogP contribution is -2.41. The van der Waals surface area contributed by atoms with Gasteiger partial charge in [-0.2, -0.15) is 0 Å². The lowest BCUT2D eigenvalue weighted by molar-refractivity contribution is 0.179. The molecule has 0 unspecified atom stereocenters. The predicted octanol–water partition coefficient (Wildman–Crippen LogP) is 7.25. The van der Waals surface area contributed by atoms with Gasteiger partial charge in [0.15, 0.2) is 8.32 Å². The first-order valence-electron chi connectivity index (χ1n) is 10.5. The Morgan fingerprint density at radius 2 is 1.76 bits per heavy atom. The minimum absolute atomic E-state index is 0.114. The van der Waals surface area contributed by atoms with Gasteiger partial charge in [0, 0.05) is 18.1 Å². The number of ether oxygens (including phenoxy) is 1. The molecule has 29 heavy (non-hydrogen) atoms. The molecule has 0 aliphatic carbocycles. The molecule has 1 atom stereocenters. The smallest absolute Gasteiger partial charge is 0.227 e. The monoisotopic (exact) mass is 431 g/mol. The molecule has 0 aliphatic heterocycles. The Hall–Kier alpha value is -1.30. The summed E-state index contributed by atoms with van der Waals surface area (Å²) in [5.74, 6) is 1.67. The lowest BCUT2D eigenvalue weighted by atomic mass is 10.2. The maximum absolute atomic E-state index is 6.29. The van der Waals surface area contributed by atoms with Crippen molar-refractivity contribution >= 4 is 20.1 Å². The Bertz CT molecular complexity index is 759. The van der Waals surface area contributed by atoms with Crippen LogP contribution in [-0.2, 0) is 10.2 Å². The van der Waals surface area contributed by atoms with E-state index in [1.165, 1.54) is 5.56 Å². The van der Waals surface area contributed by atoms with E-state index in [9.17, 15) is 0 Å². The number of rotatable bonds is 10. The van der Waals surface area contributed by atoms with Crippen molar-refractivity contribution in [1.82, 2.24) is 4.98 Å². The van der Waals surface area contributed by atoms with Crippen LogP contribution in [0, 0.1) is 6.92 Å². The number of hydrogen-bond donors (Lipinski definition) is 0. The Kier molecular flexibility index (Phi) is 8.80. The van der Waals surface area contributed by atoms with Crippen LogP contribution in [0.25, 0.3) is 0 Å².